The van der Waals surface area contributed by atoms with Gasteiger partial charge in [-0.25, -0.2) is 4.39 Å². The van der Waals surface area contributed by atoms with Crippen molar-refractivity contribution in [2.45, 2.75) is 62.7 Å². The van der Waals surface area contributed by atoms with Crippen molar-refractivity contribution in [3.8, 4) is 16.9 Å². The van der Waals surface area contributed by atoms with Gasteiger partial charge >= 0.3 is 0 Å². The van der Waals surface area contributed by atoms with Crippen LogP contribution in [-0.2, 0) is 19.9 Å². The summed E-state index contributed by atoms with van der Waals surface area (Å²) in [5.41, 5.74) is 5.91. The summed E-state index contributed by atoms with van der Waals surface area (Å²) in [6, 6.07) is 10.4. The third-order valence-electron chi connectivity index (χ3n) is 8.33. The van der Waals surface area contributed by atoms with Gasteiger partial charge in [0, 0.05) is 31.9 Å². The lowest BCUT2D eigenvalue weighted by Gasteiger charge is -2.55. The summed E-state index contributed by atoms with van der Waals surface area (Å²) in [4.78, 5) is 13.7. The van der Waals surface area contributed by atoms with Gasteiger partial charge in [-0.3, -0.25) is 4.79 Å². The molecule has 1 saturated carbocycles. The van der Waals surface area contributed by atoms with Crippen molar-refractivity contribution in [2.75, 3.05) is 40.5 Å². The van der Waals surface area contributed by atoms with Crippen molar-refractivity contribution < 1.29 is 28.5 Å². The molecule has 1 heterocycles. The van der Waals surface area contributed by atoms with E-state index in [1.54, 1.807) is 37.3 Å². The largest absolute Gasteiger partial charge is 0.497 e. The smallest absolute Gasteiger partial charge is 0.209 e. The molecule has 1 saturated heterocycles. The number of carbonyl (C=O) groups excluding carboxylic acids is 1. The number of unbranched alkanes of at least 4 members (excludes halogenated alkanes) is 1. The van der Waals surface area contributed by atoms with E-state index < -0.39 is 17.0 Å². The van der Waals surface area contributed by atoms with Gasteiger partial charge in [-0.15, -0.1) is 0 Å². The van der Waals surface area contributed by atoms with Gasteiger partial charge in [0.05, 0.1) is 20.3 Å². The number of ether oxygens (including phenoxy) is 3. The molecule has 0 bridgehead atoms. The maximum absolute atomic E-state index is 15.9. The Kier molecular flexibility index (Phi) is 9.08. The third kappa shape index (κ3) is 5.45. The second kappa shape index (κ2) is 12.1. The van der Waals surface area contributed by atoms with Crippen LogP contribution in [-0.4, -0.2) is 68.6 Å². The highest BCUT2D eigenvalue weighted by Gasteiger charge is 2.60. The number of aliphatic hydroxyl groups is 1. The zero-order valence-corrected chi connectivity index (χ0v) is 22.7. The minimum absolute atomic E-state index is 0.0159. The van der Waals surface area contributed by atoms with Gasteiger partial charge in [0.2, 0.25) is 6.41 Å². The average Bonchev–Trinajstić information content (AvgIpc) is 3.37. The van der Waals surface area contributed by atoms with Gasteiger partial charge in [0.25, 0.3) is 0 Å². The fourth-order valence-corrected chi connectivity index (χ4v) is 6.51. The van der Waals surface area contributed by atoms with Crippen LogP contribution in [0.4, 0.5) is 4.39 Å². The number of aryl methyl sites for hydroxylation is 1. The number of carbonyl (C=O) groups is 1. The minimum atomic E-state index is -1.61. The molecule has 208 valence electrons. The van der Waals surface area contributed by atoms with Crippen molar-refractivity contribution in [3.63, 3.8) is 0 Å². The predicted molar refractivity (Wildman–Crippen MR) is 144 cm³/mol. The Balaban J connectivity index is 1.94. The summed E-state index contributed by atoms with van der Waals surface area (Å²) in [6.45, 7) is 3.41. The second-order valence-electron chi connectivity index (χ2n) is 10.8. The number of amides is 1. The maximum Gasteiger partial charge on any atom is 0.209 e. The van der Waals surface area contributed by atoms with Crippen LogP contribution in [0.3, 0.4) is 0 Å². The van der Waals surface area contributed by atoms with Gasteiger partial charge < -0.3 is 30.0 Å². The molecule has 1 amide bonds. The minimum Gasteiger partial charge on any atom is -0.497 e. The van der Waals surface area contributed by atoms with Crippen molar-refractivity contribution in [1.82, 2.24) is 4.90 Å². The summed E-state index contributed by atoms with van der Waals surface area (Å²) < 4.78 is 33.2. The van der Waals surface area contributed by atoms with Crippen LogP contribution in [0.5, 0.6) is 5.75 Å². The highest BCUT2D eigenvalue weighted by atomic mass is 19.1. The molecule has 8 heteroatoms. The monoisotopic (exact) mass is 528 g/mol. The molecule has 0 radical (unpaired) electrons. The van der Waals surface area contributed by atoms with E-state index in [-0.39, 0.29) is 25.1 Å². The SMILES string of the molecule is COCCCC[C@@](O)(c1cccc(F)c1-c1cc(C)cc(OC)c1)[C@@]1([C@@H]2CC[C@H](N)C2)CN(C=O)CCO1. The summed E-state index contributed by atoms with van der Waals surface area (Å²) in [6.07, 6.45) is 4.71. The van der Waals surface area contributed by atoms with E-state index >= 15 is 4.39 Å². The van der Waals surface area contributed by atoms with E-state index in [2.05, 4.69) is 0 Å². The molecular formula is C30H41FN2O5. The first kappa shape index (κ1) is 28.5. The lowest BCUT2D eigenvalue weighted by molar-refractivity contribution is -0.246. The first-order valence-corrected chi connectivity index (χ1v) is 13.5. The van der Waals surface area contributed by atoms with Crippen LogP contribution in [0.1, 0.15) is 49.7 Å². The summed E-state index contributed by atoms with van der Waals surface area (Å²) in [7, 11) is 3.23. The molecule has 0 aromatic heterocycles. The van der Waals surface area contributed by atoms with Crippen molar-refractivity contribution >= 4 is 6.41 Å². The van der Waals surface area contributed by atoms with Crippen LogP contribution in [0.15, 0.2) is 36.4 Å². The number of rotatable bonds is 11. The zero-order valence-electron chi connectivity index (χ0n) is 22.7. The fraction of sp³-hybridized carbons (Fsp3) is 0.567. The number of hydrogen-bond donors (Lipinski definition) is 2. The average molecular weight is 529 g/mol. The first-order valence-electron chi connectivity index (χ1n) is 13.5. The van der Waals surface area contributed by atoms with Gasteiger partial charge in [0.15, 0.2) is 0 Å². The molecular weight excluding hydrogens is 487 g/mol. The molecule has 38 heavy (non-hydrogen) atoms. The number of benzene rings is 2. The Labute approximate surface area is 225 Å². The molecule has 2 aromatic rings. The van der Waals surface area contributed by atoms with Crippen LogP contribution >= 0.6 is 0 Å². The van der Waals surface area contributed by atoms with Crippen LogP contribution in [0.25, 0.3) is 11.1 Å². The summed E-state index contributed by atoms with van der Waals surface area (Å²) >= 11 is 0. The Morgan fingerprint density at radius 3 is 2.76 bits per heavy atom. The van der Waals surface area contributed by atoms with Crippen molar-refractivity contribution in [1.29, 1.82) is 0 Å². The van der Waals surface area contributed by atoms with Crippen LogP contribution < -0.4 is 10.5 Å². The quantitative estimate of drug-likeness (QED) is 0.336. The Bertz CT molecular complexity index is 1110. The van der Waals surface area contributed by atoms with E-state index in [0.717, 1.165) is 31.2 Å². The molecule has 3 N–H and O–H groups in total. The second-order valence-corrected chi connectivity index (χ2v) is 10.8. The van der Waals surface area contributed by atoms with Crippen LogP contribution in [0.2, 0.25) is 0 Å². The highest BCUT2D eigenvalue weighted by Crippen LogP contribution is 2.53. The molecule has 4 atom stereocenters. The standard InChI is InChI=1S/C30H41FN2O5/c1-21-15-22(17-25(16-21)37-3)28-26(7-6-8-27(28)31)29(35,11-4-5-13-36-2)30(23-9-10-24(32)18-23)19-33(20-34)12-14-38-30/h6-8,15-17,20,23-24,35H,4-5,9-14,18-19,32H2,1-3H3/t23-,24+,29-,30+/m1/s1. The number of morpholine rings is 1. The number of nitrogens with zero attached hydrogens (tertiary/aromatic N) is 1. The van der Waals surface area contributed by atoms with Crippen molar-refractivity contribution in [3.05, 3.63) is 53.3 Å². The van der Waals surface area contributed by atoms with Gasteiger partial charge in [-0.1, -0.05) is 18.2 Å². The molecule has 2 aromatic carbocycles. The molecule has 1 aliphatic heterocycles. The van der Waals surface area contributed by atoms with Crippen molar-refractivity contribution in [2.24, 2.45) is 11.7 Å². The number of halogens is 1. The molecule has 4 rings (SSSR count). The van der Waals surface area contributed by atoms with E-state index in [4.69, 9.17) is 19.9 Å². The van der Waals surface area contributed by atoms with Gasteiger partial charge in [0.1, 0.15) is 22.8 Å². The third-order valence-corrected chi connectivity index (χ3v) is 8.33. The van der Waals surface area contributed by atoms with Gasteiger partial charge in [-0.2, -0.15) is 0 Å². The maximum atomic E-state index is 15.9. The Morgan fingerprint density at radius 1 is 1.26 bits per heavy atom. The van der Waals surface area contributed by atoms with E-state index in [9.17, 15) is 9.90 Å². The predicted octanol–water partition coefficient (Wildman–Crippen LogP) is 4.17. The van der Waals surface area contributed by atoms with E-state index in [1.165, 1.54) is 6.07 Å². The van der Waals surface area contributed by atoms with E-state index in [0.29, 0.717) is 54.9 Å². The molecule has 7 nitrogen and oxygen atoms in total. The molecule has 1 aliphatic carbocycles. The fourth-order valence-electron chi connectivity index (χ4n) is 6.51. The Morgan fingerprint density at radius 2 is 2.08 bits per heavy atom. The summed E-state index contributed by atoms with van der Waals surface area (Å²) in [5, 5.41) is 13.0. The molecule has 2 aliphatic rings. The lowest BCUT2D eigenvalue weighted by atomic mass is 9.65. The van der Waals surface area contributed by atoms with Crippen LogP contribution in [0, 0.1) is 18.7 Å². The zero-order chi connectivity index (χ0) is 27.3. The molecule has 0 spiro atoms. The van der Waals surface area contributed by atoms with E-state index in [1.807, 2.05) is 19.1 Å². The Hall–Kier alpha value is -2.52. The number of methoxy groups -OCH3 is 2. The summed E-state index contributed by atoms with van der Waals surface area (Å²) in [5.74, 6) is 0.0676. The highest BCUT2D eigenvalue weighted by molar-refractivity contribution is 5.72. The molecule has 0 unspecified atom stereocenters. The normalized spacial score (nSPS) is 25.3. The number of nitrogens with two attached hydrogens (primary N) is 1. The first-order chi connectivity index (χ1) is 18.3. The lowest BCUT2D eigenvalue weighted by Crippen LogP contribution is -2.66. The topological polar surface area (TPSA) is 94.2 Å². The molecule has 2 fully saturated rings. The van der Waals surface area contributed by atoms with Gasteiger partial charge in [-0.05, 0) is 86.3 Å². The number of hydrogen-bond acceptors (Lipinski definition) is 6.